The Morgan fingerprint density at radius 2 is 1.05 bits per heavy atom. The van der Waals surface area contributed by atoms with E-state index in [2.05, 4.69) is 34.6 Å². The summed E-state index contributed by atoms with van der Waals surface area (Å²) < 4.78 is 0. The predicted molar refractivity (Wildman–Crippen MR) is 167 cm³/mol. The van der Waals surface area contributed by atoms with Crippen molar-refractivity contribution in [1.29, 1.82) is 0 Å². The Labute approximate surface area is 243 Å². The van der Waals surface area contributed by atoms with Crippen LogP contribution >= 0.6 is 0 Å². The van der Waals surface area contributed by atoms with Gasteiger partial charge in [0.1, 0.15) is 0 Å². The maximum atomic E-state index is 13.0. The van der Waals surface area contributed by atoms with Crippen molar-refractivity contribution in [2.24, 2.45) is 23.2 Å². The Bertz CT molecular complexity index is 589. The number of hydrogen-bond acceptors (Lipinski definition) is 2. The Hall–Kier alpha value is -1.06. The van der Waals surface area contributed by atoms with Gasteiger partial charge < -0.3 is 10.2 Å². The Balaban J connectivity index is 4.91. The number of carbonyl (C=O) groups is 2. The monoisotopic (exact) mass is 553 g/mol. The summed E-state index contributed by atoms with van der Waals surface area (Å²) in [6.45, 7) is 11.2. The summed E-state index contributed by atoms with van der Waals surface area (Å²) in [5.41, 5.74) is -0.571. The van der Waals surface area contributed by atoms with Crippen LogP contribution in [0.1, 0.15) is 189 Å². The highest BCUT2D eigenvalue weighted by Crippen LogP contribution is 2.46. The third-order valence-electron chi connectivity index (χ3n) is 9.64. The van der Waals surface area contributed by atoms with E-state index in [0.717, 1.165) is 51.4 Å². The summed E-state index contributed by atoms with van der Waals surface area (Å²) in [4.78, 5) is 23.6. The summed E-state index contributed by atoms with van der Waals surface area (Å²) >= 11 is 0. The van der Waals surface area contributed by atoms with Crippen molar-refractivity contribution in [1.82, 2.24) is 0 Å². The molecule has 0 saturated carbocycles. The third-order valence-corrected chi connectivity index (χ3v) is 9.64. The van der Waals surface area contributed by atoms with Gasteiger partial charge in [0.2, 0.25) is 0 Å². The molecule has 0 aromatic rings. The molecule has 232 valence electrons. The first-order chi connectivity index (χ1) is 18.8. The molecule has 0 saturated heterocycles. The summed E-state index contributed by atoms with van der Waals surface area (Å²) in [5, 5.41) is 19.4. The standard InChI is InChI=1S/C35H68O4/c1-6-11-24-30(8-3)28-32(35(10-5,34(38)39)29-31(9-4)25-12-7-2)26-22-20-18-16-14-13-15-17-19-21-23-27-33(36)37/h30-32H,6-29H2,1-5H3,(H,36,37)(H,38,39). The van der Waals surface area contributed by atoms with Crippen molar-refractivity contribution in [2.45, 2.75) is 189 Å². The Kier molecular flexibility index (Phi) is 24.0. The second kappa shape index (κ2) is 24.7. The molecular formula is C35H68O4. The van der Waals surface area contributed by atoms with Gasteiger partial charge in [-0.05, 0) is 49.9 Å². The molecule has 0 bridgehead atoms. The van der Waals surface area contributed by atoms with E-state index in [1.54, 1.807) is 0 Å². The van der Waals surface area contributed by atoms with Gasteiger partial charge in [0.15, 0.2) is 0 Å². The van der Waals surface area contributed by atoms with Crippen molar-refractivity contribution in [3.63, 3.8) is 0 Å². The van der Waals surface area contributed by atoms with Gasteiger partial charge in [-0.2, -0.15) is 0 Å². The fourth-order valence-electron chi connectivity index (χ4n) is 6.73. The lowest BCUT2D eigenvalue weighted by molar-refractivity contribution is -0.156. The van der Waals surface area contributed by atoms with Crippen molar-refractivity contribution in [2.75, 3.05) is 0 Å². The smallest absolute Gasteiger partial charge is 0.309 e. The molecule has 0 fully saturated rings. The lowest BCUT2D eigenvalue weighted by Crippen LogP contribution is -2.41. The van der Waals surface area contributed by atoms with Crippen molar-refractivity contribution in [3.8, 4) is 0 Å². The van der Waals surface area contributed by atoms with E-state index < -0.39 is 17.4 Å². The zero-order valence-corrected chi connectivity index (χ0v) is 26.9. The zero-order chi connectivity index (χ0) is 29.4. The van der Waals surface area contributed by atoms with Gasteiger partial charge in [0, 0.05) is 6.42 Å². The first-order valence-electron chi connectivity index (χ1n) is 17.3. The third kappa shape index (κ3) is 17.4. The second-order valence-corrected chi connectivity index (χ2v) is 12.6. The molecule has 0 radical (unpaired) electrons. The van der Waals surface area contributed by atoms with Crippen LogP contribution in [0.3, 0.4) is 0 Å². The zero-order valence-electron chi connectivity index (χ0n) is 26.9. The van der Waals surface area contributed by atoms with Crippen LogP contribution < -0.4 is 0 Å². The molecule has 4 unspecified atom stereocenters. The average molecular weight is 553 g/mol. The van der Waals surface area contributed by atoms with Crippen molar-refractivity contribution >= 4 is 11.9 Å². The SMILES string of the molecule is CCCCC(CC)CC(CCCCCCCCCCCCCC(=O)O)C(CC)(CC(CC)CCCC)C(=O)O. The fourth-order valence-corrected chi connectivity index (χ4v) is 6.73. The highest BCUT2D eigenvalue weighted by molar-refractivity contribution is 5.75. The molecule has 4 heteroatoms. The van der Waals surface area contributed by atoms with E-state index in [0.29, 0.717) is 24.2 Å². The molecule has 2 N–H and O–H groups in total. The van der Waals surface area contributed by atoms with E-state index in [1.165, 1.54) is 96.3 Å². The first kappa shape index (κ1) is 37.9. The first-order valence-corrected chi connectivity index (χ1v) is 17.3. The maximum absolute atomic E-state index is 13.0. The maximum Gasteiger partial charge on any atom is 0.309 e. The van der Waals surface area contributed by atoms with Crippen LogP contribution in [-0.4, -0.2) is 22.2 Å². The quantitative estimate of drug-likeness (QED) is 0.0905. The highest BCUT2D eigenvalue weighted by Gasteiger charge is 2.45. The average Bonchev–Trinajstić information content (AvgIpc) is 2.92. The van der Waals surface area contributed by atoms with Crippen LogP contribution in [0.5, 0.6) is 0 Å². The molecule has 0 aliphatic heterocycles. The van der Waals surface area contributed by atoms with Crippen LogP contribution in [0.4, 0.5) is 0 Å². The molecule has 0 aliphatic rings. The van der Waals surface area contributed by atoms with Gasteiger partial charge in [-0.3, -0.25) is 9.59 Å². The van der Waals surface area contributed by atoms with E-state index >= 15 is 0 Å². The lowest BCUT2D eigenvalue weighted by atomic mass is 9.62. The molecule has 0 amide bonds. The Morgan fingerprint density at radius 3 is 1.46 bits per heavy atom. The molecule has 4 nitrogen and oxygen atoms in total. The van der Waals surface area contributed by atoms with E-state index in [4.69, 9.17) is 5.11 Å². The summed E-state index contributed by atoms with van der Waals surface area (Å²) in [7, 11) is 0. The van der Waals surface area contributed by atoms with Crippen LogP contribution in [0.2, 0.25) is 0 Å². The fraction of sp³-hybridized carbons (Fsp3) is 0.943. The largest absolute Gasteiger partial charge is 0.481 e. The van der Waals surface area contributed by atoms with Crippen molar-refractivity contribution in [3.05, 3.63) is 0 Å². The van der Waals surface area contributed by atoms with Crippen LogP contribution in [0.25, 0.3) is 0 Å². The lowest BCUT2D eigenvalue weighted by Gasteiger charge is -2.41. The molecule has 0 heterocycles. The highest BCUT2D eigenvalue weighted by atomic mass is 16.4. The minimum absolute atomic E-state index is 0.290. The topological polar surface area (TPSA) is 74.6 Å². The van der Waals surface area contributed by atoms with Gasteiger partial charge >= 0.3 is 11.9 Å². The van der Waals surface area contributed by atoms with Crippen LogP contribution in [0, 0.1) is 23.2 Å². The number of rotatable bonds is 29. The predicted octanol–water partition coefficient (Wildman–Crippen LogP) is 11.5. The molecule has 4 atom stereocenters. The number of aliphatic carboxylic acids is 2. The normalized spacial score (nSPS) is 15.5. The van der Waals surface area contributed by atoms with Gasteiger partial charge in [0.05, 0.1) is 5.41 Å². The molecule has 0 rings (SSSR count). The minimum Gasteiger partial charge on any atom is -0.481 e. The Morgan fingerprint density at radius 1 is 0.590 bits per heavy atom. The minimum atomic E-state index is -0.677. The molecule has 0 spiro atoms. The molecular weight excluding hydrogens is 484 g/mol. The van der Waals surface area contributed by atoms with Crippen LogP contribution in [-0.2, 0) is 9.59 Å². The molecule has 0 aromatic heterocycles. The number of carboxylic acids is 2. The van der Waals surface area contributed by atoms with E-state index in [9.17, 15) is 14.7 Å². The van der Waals surface area contributed by atoms with Gasteiger partial charge in [-0.1, -0.05) is 150 Å². The van der Waals surface area contributed by atoms with Gasteiger partial charge in [-0.15, -0.1) is 0 Å². The summed E-state index contributed by atoms with van der Waals surface area (Å²) in [6, 6.07) is 0. The molecule has 0 aliphatic carbocycles. The summed E-state index contributed by atoms with van der Waals surface area (Å²) in [6.07, 6.45) is 26.7. The van der Waals surface area contributed by atoms with E-state index in [-0.39, 0.29) is 0 Å². The number of carboxylic acid groups (broad SMARTS) is 2. The second-order valence-electron chi connectivity index (χ2n) is 12.6. The number of unbranched alkanes of at least 4 members (excludes halogenated alkanes) is 12. The van der Waals surface area contributed by atoms with Crippen LogP contribution in [0.15, 0.2) is 0 Å². The summed E-state index contributed by atoms with van der Waals surface area (Å²) in [5.74, 6) is 0.261. The molecule has 39 heavy (non-hydrogen) atoms. The number of hydrogen-bond donors (Lipinski definition) is 2. The van der Waals surface area contributed by atoms with E-state index in [1.807, 2.05) is 0 Å². The van der Waals surface area contributed by atoms with Gasteiger partial charge in [-0.25, -0.2) is 0 Å². The van der Waals surface area contributed by atoms with Gasteiger partial charge in [0.25, 0.3) is 0 Å². The molecule has 0 aromatic carbocycles. The van der Waals surface area contributed by atoms with Crippen molar-refractivity contribution < 1.29 is 19.8 Å².